The quantitative estimate of drug-likeness (QED) is 0.677. The van der Waals surface area contributed by atoms with Crippen molar-refractivity contribution in [3.8, 4) is 0 Å². The molecule has 2 atom stereocenters. The molecule has 2 bridgehead atoms. The van der Waals surface area contributed by atoms with Crippen LogP contribution in [0.3, 0.4) is 0 Å². The van der Waals surface area contributed by atoms with Crippen LogP contribution in [0.15, 0.2) is 46.5 Å². The Kier molecular flexibility index (Phi) is 5.28. The molecule has 0 unspecified atom stereocenters. The van der Waals surface area contributed by atoms with E-state index in [1.807, 2.05) is 19.9 Å². The molecule has 3 heterocycles. The highest BCUT2D eigenvalue weighted by atomic mass is 32.2. The fraction of sp³-hybridized carbons (Fsp3) is 0.500. The predicted octanol–water partition coefficient (Wildman–Crippen LogP) is 0.674. The number of ether oxygens (including phenoxy) is 1. The van der Waals surface area contributed by atoms with E-state index >= 15 is 0 Å². The van der Waals surface area contributed by atoms with Gasteiger partial charge >= 0.3 is 0 Å². The lowest BCUT2D eigenvalue weighted by atomic mass is 10.2. The van der Waals surface area contributed by atoms with Crippen LogP contribution in [0.25, 0.3) is 0 Å². The third-order valence-corrected chi connectivity index (χ3v) is 8.82. The third-order valence-electron chi connectivity index (χ3n) is 5.21. The van der Waals surface area contributed by atoms with E-state index in [-0.39, 0.29) is 36.0 Å². The maximum atomic E-state index is 13.0. The van der Waals surface area contributed by atoms with Gasteiger partial charge in [-0.05, 0) is 31.5 Å². The lowest BCUT2D eigenvalue weighted by Crippen LogP contribution is -2.61. The van der Waals surface area contributed by atoms with Gasteiger partial charge in [-0.25, -0.2) is 16.8 Å². The van der Waals surface area contributed by atoms with Crippen LogP contribution in [0.5, 0.6) is 0 Å². The molecule has 2 aliphatic heterocycles. The maximum Gasteiger partial charge on any atom is 0.246 e. The molecule has 1 aromatic carbocycles. The predicted molar refractivity (Wildman–Crippen MR) is 105 cm³/mol. The van der Waals surface area contributed by atoms with E-state index in [4.69, 9.17) is 4.74 Å². The molecule has 0 aliphatic carbocycles. The molecule has 2 aromatic rings. The first-order valence-corrected chi connectivity index (χ1v) is 12.3. The van der Waals surface area contributed by atoms with E-state index in [9.17, 15) is 16.8 Å². The van der Waals surface area contributed by atoms with Gasteiger partial charge in [0.1, 0.15) is 4.90 Å². The molecule has 158 valence electrons. The summed E-state index contributed by atoms with van der Waals surface area (Å²) in [5, 5.41) is 4.05. The molecule has 0 amide bonds. The number of aryl methyl sites for hydroxylation is 2. The van der Waals surface area contributed by atoms with E-state index in [0.717, 1.165) is 5.56 Å². The van der Waals surface area contributed by atoms with Gasteiger partial charge in [0, 0.05) is 38.9 Å². The molecule has 0 spiro atoms. The van der Waals surface area contributed by atoms with Crippen molar-refractivity contribution in [1.82, 2.24) is 18.4 Å². The van der Waals surface area contributed by atoms with Crippen LogP contribution in [0.2, 0.25) is 0 Å². The smallest absolute Gasteiger partial charge is 0.246 e. The molecule has 2 fully saturated rings. The average molecular weight is 441 g/mol. The first kappa shape index (κ1) is 20.5. The molecule has 0 N–H and O–H groups in total. The number of rotatable bonds is 5. The fourth-order valence-electron chi connectivity index (χ4n) is 3.73. The number of sulfonamides is 2. The van der Waals surface area contributed by atoms with Gasteiger partial charge in [-0.3, -0.25) is 4.68 Å². The third kappa shape index (κ3) is 3.84. The Hall–Kier alpha value is -1.79. The van der Waals surface area contributed by atoms with Gasteiger partial charge in [-0.2, -0.15) is 13.7 Å². The largest absolute Gasteiger partial charge is 0.369 e. The molecule has 0 radical (unpaired) electrons. The van der Waals surface area contributed by atoms with Gasteiger partial charge in [-0.15, -0.1) is 0 Å². The first-order valence-electron chi connectivity index (χ1n) is 9.45. The van der Waals surface area contributed by atoms with E-state index in [2.05, 4.69) is 5.10 Å². The molecular weight excluding hydrogens is 416 g/mol. The summed E-state index contributed by atoms with van der Waals surface area (Å²) in [6.45, 7) is 4.75. The minimum Gasteiger partial charge on any atom is -0.369 e. The van der Waals surface area contributed by atoms with Crippen LogP contribution in [-0.4, -0.2) is 73.6 Å². The first-order chi connectivity index (χ1) is 13.7. The second-order valence-corrected chi connectivity index (χ2v) is 11.2. The second-order valence-electron chi connectivity index (χ2n) is 7.37. The highest BCUT2D eigenvalue weighted by Gasteiger charge is 2.43. The summed E-state index contributed by atoms with van der Waals surface area (Å²) in [6.07, 6.45) is 1.82. The highest BCUT2D eigenvalue weighted by Crippen LogP contribution is 2.28. The standard InChI is InChI=1S/C18H24N4O5S2/c1-3-20-13-18(8-19-20)29(25,26)22-11-15-9-21(10-16(12-22)27-15)28(23,24)17-6-4-5-14(2)7-17/h4-8,13,15-16H,3,9-12H2,1-2H3/t15-,16+. The van der Waals surface area contributed by atoms with E-state index < -0.39 is 32.3 Å². The average Bonchev–Trinajstić information content (AvgIpc) is 3.17. The van der Waals surface area contributed by atoms with Crippen molar-refractivity contribution < 1.29 is 21.6 Å². The Balaban J connectivity index is 1.53. The van der Waals surface area contributed by atoms with Gasteiger partial charge in [0.15, 0.2) is 0 Å². The molecule has 9 nitrogen and oxygen atoms in total. The minimum atomic E-state index is -3.70. The number of hydrogen-bond acceptors (Lipinski definition) is 6. The van der Waals surface area contributed by atoms with Crippen LogP contribution in [0.4, 0.5) is 0 Å². The summed E-state index contributed by atoms with van der Waals surface area (Å²) in [5.74, 6) is 0. The molecule has 2 saturated heterocycles. The zero-order valence-corrected chi connectivity index (χ0v) is 17.9. The normalized spacial score (nSPS) is 23.9. The van der Waals surface area contributed by atoms with Gasteiger partial charge in [0.2, 0.25) is 20.0 Å². The van der Waals surface area contributed by atoms with Crippen molar-refractivity contribution in [2.45, 2.75) is 42.4 Å². The lowest BCUT2D eigenvalue weighted by Gasteiger charge is -2.44. The molecule has 0 saturated carbocycles. The summed E-state index contributed by atoms with van der Waals surface area (Å²) in [4.78, 5) is 0.387. The summed E-state index contributed by atoms with van der Waals surface area (Å²) in [5.41, 5.74) is 0.865. The fourth-order valence-corrected chi connectivity index (χ4v) is 6.80. The number of morpholine rings is 2. The van der Waals surface area contributed by atoms with Gasteiger partial charge < -0.3 is 4.74 Å². The van der Waals surface area contributed by atoms with Crippen LogP contribution in [-0.2, 0) is 31.3 Å². The van der Waals surface area contributed by atoms with Crippen LogP contribution in [0.1, 0.15) is 12.5 Å². The van der Waals surface area contributed by atoms with Crippen molar-refractivity contribution in [2.75, 3.05) is 26.2 Å². The Morgan fingerprint density at radius 2 is 1.59 bits per heavy atom. The summed E-state index contributed by atoms with van der Waals surface area (Å²) < 4.78 is 62.2. The summed E-state index contributed by atoms with van der Waals surface area (Å²) >= 11 is 0. The zero-order chi connectivity index (χ0) is 20.8. The molecular formula is C18H24N4O5S2. The zero-order valence-electron chi connectivity index (χ0n) is 16.3. The van der Waals surface area contributed by atoms with Crippen molar-refractivity contribution >= 4 is 20.0 Å². The minimum absolute atomic E-state index is 0.107. The van der Waals surface area contributed by atoms with Crippen molar-refractivity contribution in [3.05, 3.63) is 42.2 Å². The van der Waals surface area contributed by atoms with E-state index in [1.165, 1.54) is 21.0 Å². The van der Waals surface area contributed by atoms with Crippen molar-refractivity contribution in [2.24, 2.45) is 0 Å². The molecule has 4 rings (SSSR count). The molecule has 2 aliphatic rings. The number of fused-ring (bicyclic) bond motifs is 2. The highest BCUT2D eigenvalue weighted by molar-refractivity contribution is 7.89. The topological polar surface area (TPSA) is 102 Å². The Bertz CT molecular complexity index is 1100. The van der Waals surface area contributed by atoms with Gasteiger partial charge in [0.05, 0.1) is 23.3 Å². The van der Waals surface area contributed by atoms with E-state index in [1.54, 1.807) is 22.9 Å². The number of benzene rings is 1. The molecule has 1 aromatic heterocycles. The Labute approximate surface area is 171 Å². The Morgan fingerprint density at radius 1 is 1.00 bits per heavy atom. The maximum absolute atomic E-state index is 13.0. The molecule has 29 heavy (non-hydrogen) atoms. The lowest BCUT2D eigenvalue weighted by molar-refractivity contribution is -0.104. The van der Waals surface area contributed by atoms with Gasteiger partial charge in [-0.1, -0.05) is 12.1 Å². The Morgan fingerprint density at radius 3 is 2.10 bits per heavy atom. The van der Waals surface area contributed by atoms with Crippen LogP contribution in [0, 0.1) is 6.92 Å². The second kappa shape index (κ2) is 7.47. The monoisotopic (exact) mass is 440 g/mol. The molecule has 11 heteroatoms. The number of aromatic nitrogens is 2. The van der Waals surface area contributed by atoms with Gasteiger partial charge in [0.25, 0.3) is 0 Å². The summed E-state index contributed by atoms with van der Waals surface area (Å²) in [6, 6.07) is 6.78. The number of hydrogen-bond donors (Lipinski definition) is 0. The number of nitrogens with zero attached hydrogens (tertiary/aromatic N) is 4. The van der Waals surface area contributed by atoms with Crippen LogP contribution < -0.4 is 0 Å². The summed E-state index contributed by atoms with van der Waals surface area (Å²) in [7, 11) is -7.36. The van der Waals surface area contributed by atoms with Crippen LogP contribution >= 0.6 is 0 Å². The van der Waals surface area contributed by atoms with E-state index in [0.29, 0.717) is 6.54 Å². The van der Waals surface area contributed by atoms with Crippen molar-refractivity contribution in [1.29, 1.82) is 0 Å². The van der Waals surface area contributed by atoms with Crippen molar-refractivity contribution in [3.63, 3.8) is 0 Å². The SMILES string of the molecule is CCn1cc(S(=O)(=O)N2C[C@H]3CN(S(=O)(=O)c4cccc(C)c4)C[C@@H](C2)O3)cn1.